The van der Waals surface area contributed by atoms with Crippen LogP contribution in [-0.2, 0) is 5.41 Å². The van der Waals surface area contributed by atoms with Gasteiger partial charge in [-0.05, 0) is 88.2 Å². The Labute approximate surface area is 309 Å². The average Bonchev–Trinajstić information content (AvgIpc) is 3.14. The van der Waals surface area contributed by atoms with Crippen LogP contribution in [0.15, 0.2) is 153 Å². The number of carbonyl (C=O) groups excluding carboxylic acids is 2. The Bertz CT molecular complexity index is 2190. The lowest BCUT2D eigenvalue weighted by Gasteiger charge is -2.22. The summed E-state index contributed by atoms with van der Waals surface area (Å²) in [5.41, 5.74) is 7.76. The van der Waals surface area contributed by atoms with Crippen LogP contribution in [0, 0.1) is 0 Å². The van der Waals surface area contributed by atoms with Crippen LogP contribution in [0.1, 0.15) is 77.9 Å². The van der Waals surface area contributed by atoms with Crippen LogP contribution < -0.4 is 4.74 Å². The molecular formula is C46H40O3S2. The molecule has 6 aromatic rings. The molecule has 0 radical (unpaired) electrons. The van der Waals surface area contributed by atoms with Crippen molar-refractivity contribution in [1.29, 1.82) is 0 Å². The van der Waals surface area contributed by atoms with Crippen molar-refractivity contribution in [2.75, 3.05) is 6.61 Å². The molecule has 0 aliphatic heterocycles. The summed E-state index contributed by atoms with van der Waals surface area (Å²) in [5, 5.41) is 0. The highest BCUT2D eigenvalue weighted by Crippen LogP contribution is 2.42. The van der Waals surface area contributed by atoms with Crippen LogP contribution in [0.3, 0.4) is 0 Å². The topological polar surface area (TPSA) is 43.4 Å². The Balaban J connectivity index is 1.07. The van der Waals surface area contributed by atoms with Gasteiger partial charge in [0.15, 0.2) is 11.6 Å². The SMILES string of the molecule is CCCCOc1ccc(-c2ccc(-c3ccc(Sc4cccc5c4C(=O)c4cccc(Sc6ccc(C(C)(C)C)cc6)c4C5=O)cc3)cc2)cc1. The summed E-state index contributed by atoms with van der Waals surface area (Å²) < 4.78 is 5.81. The Hall–Kier alpha value is -4.84. The molecule has 7 rings (SSSR count). The van der Waals surface area contributed by atoms with E-state index in [1.807, 2.05) is 36.4 Å². The summed E-state index contributed by atoms with van der Waals surface area (Å²) in [6.07, 6.45) is 2.18. The normalized spacial score (nSPS) is 12.4. The monoisotopic (exact) mass is 704 g/mol. The fraction of sp³-hybridized carbons (Fsp3) is 0.174. The summed E-state index contributed by atoms with van der Waals surface area (Å²) in [7, 11) is 0. The summed E-state index contributed by atoms with van der Waals surface area (Å²) in [6.45, 7) is 9.49. The molecule has 0 aromatic heterocycles. The summed E-state index contributed by atoms with van der Waals surface area (Å²) >= 11 is 3.04. The Morgan fingerprint density at radius 2 is 0.941 bits per heavy atom. The van der Waals surface area contributed by atoms with Crippen LogP contribution in [0.2, 0.25) is 0 Å². The van der Waals surface area contributed by atoms with Gasteiger partial charge in [-0.2, -0.15) is 0 Å². The van der Waals surface area contributed by atoms with Crippen molar-refractivity contribution in [2.24, 2.45) is 0 Å². The van der Waals surface area contributed by atoms with Gasteiger partial charge in [-0.25, -0.2) is 0 Å². The van der Waals surface area contributed by atoms with Gasteiger partial charge >= 0.3 is 0 Å². The molecule has 0 saturated carbocycles. The van der Waals surface area contributed by atoms with Crippen molar-refractivity contribution >= 4 is 35.1 Å². The van der Waals surface area contributed by atoms with E-state index in [0.717, 1.165) is 67.0 Å². The number of unbranched alkanes of at least 4 members (excludes halogenated alkanes) is 1. The first kappa shape index (κ1) is 34.6. The van der Waals surface area contributed by atoms with E-state index in [1.165, 1.54) is 29.1 Å². The highest BCUT2D eigenvalue weighted by atomic mass is 32.2. The third-order valence-corrected chi connectivity index (χ3v) is 11.3. The molecule has 0 unspecified atom stereocenters. The number of ether oxygens (including phenoxy) is 1. The van der Waals surface area contributed by atoms with Gasteiger partial charge in [0.05, 0.1) is 6.61 Å². The van der Waals surface area contributed by atoms with E-state index < -0.39 is 0 Å². The minimum absolute atomic E-state index is 0.0590. The van der Waals surface area contributed by atoms with E-state index in [0.29, 0.717) is 22.3 Å². The van der Waals surface area contributed by atoms with Gasteiger partial charge in [-0.15, -0.1) is 0 Å². The predicted octanol–water partition coefficient (Wildman–Crippen LogP) is 12.6. The fourth-order valence-corrected chi connectivity index (χ4v) is 8.23. The summed E-state index contributed by atoms with van der Waals surface area (Å²) in [5.74, 6) is 0.690. The molecule has 0 N–H and O–H groups in total. The fourth-order valence-electron chi connectivity index (χ4n) is 6.27. The van der Waals surface area contributed by atoms with Crippen molar-refractivity contribution in [3.05, 3.63) is 161 Å². The van der Waals surface area contributed by atoms with E-state index in [4.69, 9.17) is 4.74 Å². The van der Waals surface area contributed by atoms with Crippen molar-refractivity contribution in [3.63, 3.8) is 0 Å². The summed E-state index contributed by atoms with van der Waals surface area (Å²) in [4.78, 5) is 31.7. The predicted molar refractivity (Wildman–Crippen MR) is 211 cm³/mol. The standard InChI is InChI=1S/C46H40O3S2/c1-5-6-29-49-35-23-17-32(18-24-35)30-13-15-31(16-14-30)33-19-25-36(26-20-33)50-40-11-7-9-38-42(40)44(47)39-10-8-12-41(43(39)45(38)48)51-37-27-21-34(22-28-37)46(2,3)4/h7-28H,5-6,29H2,1-4H3. The third-order valence-electron chi connectivity index (χ3n) is 9.20. The first-order valence-corrected chi connectivity index (χ1v) is 19.1. The second kappa shape index (κ2) is 14.8. The minimum Gasteiger partial charge on any atom is -0.494 e. The molecule has 0 spiro atoms. The van der Waals surface area contributed by atoms with E-state index >= 15 is 0 Å². The van der Waals surface area contributed by atoms with Crippen LogP contribution in [0.5, 0.6) is 5.75 Å². The maximum Gasteiger partial charge on any atom is 0.195 e. The maximum atomic E-state index is 14.1. The smallest absolute Gasteiger partial charge is 0.195 e. The Kier molecular flexibility index (Phi) is 10.0. The zero-order valence-corrected chi connectivity index (χ0v) is 31.0. The van der Waals surface area contributed by atoms with Crippen molar-refractivity contribution in [3.8, 4) is 28.0 Å². The quantitative estimate of drug-likeness (QED) is 0.133. The van der Waals surface area contributed by atoms with Crippen LogP contribution >= 0.6 is 23.5 Å². The molecule has 254 valence electrons. The zero-order valence-electron chi connectivity index (χ0n) is 29.4. The van der Waals surface area contributed by atoms with E-state index in [9.17, 15) is 9.59 Å². The molecule has 1 aliphatic rings. The number of fused-ring (bicyclic) bond motifs is 2. The van der Waals surface area contributed by atoms with Gasteiger partial charge in [-0.1, -0.05) is 143 Å². The maximum absolute atomic E-state index is 14.1. The van der Waals surface area contributed by atoms with Crippen LogP contribution in [0.4, 0.5) is 0 Å². The second-order valence-electron chi connectivity index (χ2n) is 13.8. The lowest BCUT2D eigenvalue weighted by Crippen LogP contribution is -2.22. The number of rotatable bonds is 10. The minimum atomic E-state index is -0.108. The van der Waals surface area contributed by atoms with E-state index in [2.05, 4.69) is 113 Å². The van der Waals surface area contributed by atoms with Gasteiger partial charge in [0.1, 0.15) is 5.75 Å². The van der Waals surface area contributed by atoms with Crippen molar-refractivity contribution in [1.82, 2.24) is 0 Å². The lowest BCUT2D eigenvalue weighted by molar-refractivity contribution is 0.0974. The molecule has 1 aliphatic carbocycles. The Morgan fingerprint density at radius 3 is 1.37 bits per heavy atom. The van der Waals surface area contributed by atoms with Gasteiger partial charge < -0.3 is 4.74 Å². The molecule has 6 aromatic carbocycles. The largest absolute Gasteiger partial charge is 0.494 e. The number of benzene rings is 6. The summed E-state index contributed by atoms with van der Waals surface area (Å²) in [6, 6.07) is 44.9. The first-order valence-electron chi connectivity index (χ1n) is 17.4. The van der Waals surface area contributed by atoms with E-state index in [1.54, 1.807) is 12.1 Å². The van der Waals surface area contributed by atoms with Gasteiger partial charge in [0, 0.05) is 41.8 Å². The number of hydrogen-bond donors (Lipinski definition) is 0. The van der Waals surface area contributed by atoms with Crippen LogP contribution in [-0.4, -0.2) is 18.2 Å². The average molecular weight is 705 g/mol. The van der Waals surface area contributed by atoms with E-state index in [-0.39, 0.29) is 17.0 Å². The molecule has 0 amide bonds. The molecule has 0 saturated heterocycles. The zero-order chi connectivity index (χ0) is 35.5. The highest BCUT2D eigenvalue weighted by molar-refractivity contribution is 7.99. The van der Waals surface area contributed by atoms with Crippen molar-refractivity contribution in [2.45, 2.75) is 65.5 Å². The molecule has 5 heteroatoms. The van der Waals surface area contributed by atoms with Gasteiger partial charge in [0.2, 0.25) is 0 Å². The van der Waals surface area contributed by atoms with Gasteiger partial charge in [0.25, 0.3) is 0 Å². The second-order valence-corrected chi connectivity index (χ2v) is 16.1. The van der Waals surface area contributed by atoms with Crippen LogP contribution in [0.25, 0.3) is 22.3 Å². The number of carbonyl (C=O) groups is 2. The van der Waals surface area contributed by atoms with Crippen molar-refractivity contribution < 1.29 is 14.3 Å². The highest BCUT2D eigenvalue weighted by Gasteiger charge is 2.33. The van der Waals surface area contributed by atoms with Gasteiger partial charge in [-0.3, -0.25) is 9.59 Å². The molecule has 0 fully saturated rings. The molecular weight excluding hydrogens is 665 g/mol. The lowest BCUT2D eigenvalue weighted by atomic mass is 9.84. The Morgan fingerprint density at radius 1 is 0.529 bits per heavy atom. The third kappa shape index (κ3) is 7.46. The number of ketones is 2. The molecule has 0 heterocycles. The molecule has 0 bridgehead atoms. The number of hydrogen-bond acceptors (Lipinski definition) is 5. The molecule has 3 nitrogen and oxygen atoms in total. The molecule has 0 atom stereocenters. The first-order chi connectivity index (χ1) is 24.7. The molecule has 51 heavy (non-hydrogen) atoms.